The minimum absolute atomic E-state index is 0.0269. The lowest BCUT2D eigenvalue weighted by Gasteiger charge is -2.38. The van der Waals surface area contributed by atoms with Gasteiger partial charge >= 0.3 is 6.09 Å². The van der Waals surface area contributed by atoms with Crippen molar-refractivity contribution in [2.75, 3.05) is 13.1 Å². The van der Waals surface area contributed by atoms with E-state index < -0.39 is 11.7 Å². The Bertz CT molecular complexity index is 283. The molecule has 0 aliphatic carbocycles. The van der Waals surface area contributed by atoms with Crippen LogP contribution in [0.3, 0.4) is 0 Å². The summed E-state index contributed by atoms with van der Waals surface area (Å²) in [7, 11) is 0. The quantitative estimate of drug-likeness (QED) is 0.764. The van der Waals surface area contributed by atoms with Crippen molar-refractivity contribution in [1.29, 1.82) is 0 Å². The molecule has 1 rings (SSSR count). The molecule has 0 bridgehead atoms. The molecule has 1 saturated heterocycles. The first-order valence-corrected chi connectivity index (χ1v) is 5.39. The summed E-state index contributed by atoms with van der Waals surface area (Å²) in [4.78, 5) is 24.4. The Hall–Kier alpha value is -1.26. The Kier molecular flexibility index (Phi) is 3.78. The summed E-state index contributed by atoms with van der Waals surface area (Å²) in [5.41, 5.74) is -0.543. The van der Waals surface area contributed by atoms with Gasteiger partial charge in [0.25, 0.3) is 0 Å². The highest BCUT2D eigenvalue weighted by Crippen LogP contribution is 2.15. The van der Waals surface area contributed by atoms with Crippen molar-refractivity contribution in [3.63, 3.8) is 0 Å². The van der Waals surface area contributed by atoms with E-state index in [1.165, 1.54) is 0 Å². The summed E-state index contributed by atoms with van der Waals surface area (Å²) in [5.74, 6) is -0.114. The predicted molar refractivity (Wildman–Crippen MR) is 59.7 cm³/mol. The maximum Gasteiger partial charge on any atom is 0.408 e. The molecule has 0 saturated carbocycles. The molecule has 0 aromatic rings. The zero-order chi connectivity index (χ0) is 12.3. The van der Waals surface area contributed by atoms with Gasteiger partial charge in [-0.1, -0.05) is 0 Å². The third-order valence-corrected chi connectivity index (χ3v) is 2.25. The number of amides is 2. The van der Waals surface area contributed by atoms with Gasteiger partial charge in [-0.05, 0) is 34.1 Å². The molecule has 2 amide bonds. The second kappa shape index (κ2) is 4.72. The molecule has 0 aromatic carbocycles. The van der Waals surface area contributed by atoms with E-state index in [2.05, 4.69) is 12.2 Å². The van der Waals surface area contributed by atoms with Gasteiger partial charge in [0.05, 0.1) is 0 Å². The van der Waals surface area contributed by atoms with Crippen LogP contribution in [0.2, 0.25) is 0 Å². The average Bonchev–Trinajstić information content (AvgIpc) is 2.09. The Morgan fingerprint density at radius 1 is 1.50 bits per heavy atom. The van der Waals surface area contributed by atoms with Gasteiger partial charge in [0.1, 0.15) is 12.1 Å². The maximum atomic E-state index is 11.5. The van der Waals surface area contributed by atoms with Crippen LogP contribution in [0.25, 0.3) is 0 Å². The normalized spacial score (nSPS) is 20.0. The van der Waals surface area contributed by atoms with Crippen molar-refractivity contribution in [3.05, 3.63) is 6.92 Å². The lowest BCUT2D eigenvalue weighted by Crippen LogP contribution is -2.53. The number of ether oxygens (including phenoxy) is 1. The number of nitrogens with one attached hydrogen (secondary N) is 1. The van der Waals surface area contributed by atoms with Gasteiger partial charge in [0.2, 0.25) is 5.91 Å². The van der Waals surface area contributed by atoms with Crippen molar-refractivity contribution in [2.24, 2.45) is 0 Å². The summed E-state index contributed by atoms with van der Waals surface area (Å²) < 4.78 is 5.01. The van der Waals surface area contributed by atoms with Crippen LogP contribution in [0, 0.1) is 6.92 Å². The molecule has 16 heavy (non-hydrogen) atoms. The number of alkyl carbamates (subject to hydrolysis) is 1. The van der Waals surface area contributed by atoms with Gasteiger partial charge in [-0.25, -0.2) is 4.79 Å². The van der Waals surface area contributed by atoms with Crippen LogP contribution in [0.1, 0.15) is 27.2 Å². The Morgan fingerprint density at radius 3 is 2.50 bits per heavy atom. The third-order valence-electron chi connectivity index (χ3n) is 2.25. The Labute approximate surface area is 96.1 Å². The van der Waals surface area contributed by atoms with E-state index in [4.69, 9.17) is 4.74 Å². The van der Waals surface area contributed by atoms with Crippen LogP contribution in [0.4, 0.5) is 4.79 Å². The lowest BCUT2D eigenvalue weighted by atomic mass is 10.1. The molecule has 1 atom stereocenters. The molecular weight excluding hydrogens is 208 g/mol. The Balaban J connectivity index is 2.24. The molecule has 1 N–H and O–H groups in total. The summed E-state index contributed by atoms with van der Waals surface area (Å²) in [6.07, 6.45) is 0.361. The van der Waals surface area contributed by atoms with Gasteiger partial charge in [0.15, 0.2) is 0 Å². The lowest BCUT2D eigenvalue weighted by molar-refractivity contribution is -0.136. The molecule has 1 aliphatic heterocycles. The molecule has 1 radical (unpaired) electrons. The Morgan fingerprint density at radius 2 is 2.12 bits per heavy atom. The van der Waals surface area contributed by atoms with E-state index >= 15 is 0 Å². The van der Waals surface area contributed by atoms with E-state index in [-0.39, 0.29) is 18.5 Å². The fourth-order valence-corrected chi connectivity index (χ4v) is 1.33. The highest BCUT2D eigenvalue weighted by atomic mass is 16.6. The summed E-state index contributed by atoms with van der Waals surface area (Å²) in [6.45, 7) is 9.81. The molecule has 1 aliphatic rings. The van der Waals surface area contributed by atoms with E-state index in [1.807, 2.05) is 0 Å². The zero-order valence-electron chi connectivity index (χ0n) is 10.1. The van der Waals surface area contributed by atoms with E-state index in [9.17, 15) is 9.59 Å². The van der Waals surface area contributed by atoms with Gasteiger partial charge in [0, 0.05) is 12.6 Å². The molecule has 0 aromatic heterocycles. The van der Waals surface area contributed by atoms with Crippen molar-refractivity contribution in [1.82, 2.24) is 10.2 Å². The fourth-order valence-electron chi connectivity index (χ4n) is 1.33. The largest absolute Gasteiger partial charge is 0.444 e. The molecule has 91 valence electrons. The SMILES string of the molecule is [CH2]C1CCN1C(=O)CNC(=O)OC(C)(C)C. The highest BCUT2D eigenvalue weighted by molar-refractivity contribution is 5.83. The highest BCUT2D eigenvalue weighted by Gasteiger charge is 2.28. The minimum atomic E-state index is -0.568. The second-order valence-corrected chi connectivity index (χ2v) is 4.89. The van der Waals surface area contributed by atoms with Crippen LogP contribution < -0.4 is 5.32 Å². The number of hydrogen-bond donors (Lipinski definition) is 1. The molecule has 0 spiro atoms. The molecule has 5 nitrogen and oxygen atoms in total. The molecule has 5 heteroatoms. The summed E-state index contributed by atoms with van der Waals surface area (Å²) in [5, 5.41) is 2.43. The van der Waals surface area contributed by atoms with Crippen molar-refractivity contribution >= 4 is 12.0 Å². The van der Waals surface area contributed by atoms with Crippen LogP contribution in [-0.4, -0.2) is 41.6 Å². The molecular formula is C11H19N2O3. The van der Waals surface area contributed by atoms with E-state index in [1.54, 1.807) is 25.7 Å². The van der Waals surface area contributed by atoms with Crippen LogP contribution in [0.15, 0.2) is 0 Å². The smallest absolute Gasteiger partial charge is 0.408 e. The zero-order valence-corrected chi connectivity index (χ0v) is 10.1. The fraction of sp³-hybridized carbons (Fsp3) is 0.727. The van der Waals surface area contributed by atoms with E-state index in [0.717, 1.165) is 13.0 Å². The minimum Gasteiger partial charge on any atom is -0.444 e. The van der Waals surface area contributed by atoms with Crippen LogP contribution >= 0.6 is 0 Å². The second-order valence-electron chi connectivity index (χ2n) is 4.89. The first kappa shape index (κ1) is 12.8. The number of carbonyl (C=O) groups is 2. The molecule has 1 unspecified atom stereocenters. The monoisotopic (exact) mass is 227 g/mol. The van der Waals surface area contributed by atoms with Crippen LogP contribution in [-0.2, 0) is 9.53 Å². The van der Waals surface area contributed by atoms with E-state index in [0.29, 0.717) is 0 Å². The third kappa shape index (κ3) is 3.72. The number of nitrogens with zero attached hydrogens (tertiary/aromatic N) is 1. The van der Waals surface area contributed by atoms with Gasteiger partial charge in [-0.2, -0.15) is 0 Å². The van der Waals surface area contributed by atoms with Gasteiger partial charge in [-0.15, -0.1) is 0 Å². The topological polar surface area (TPSA) is 58.6 Å². The van der Waals surface area contributed by atoms with Gasteiger partial charge < -0.3 is 15.0 Å². The number of rotatable bonds is 2. The van der Waals surface area contributed by atoms with Crippen molar-refractivity contribution in [3.8, 4) is 0 Å². The number of hydrogen-bond acceptors (Lipinski definition) is 3. The predicted octanol–water partition coefficient (Wildman–Crippen LogP) is 0.946. The first-order chi connectivity index (χ1) is 7.29. The van der Waals surface area contributed by atoms with Crippen molar-refractivity contribution in [2.45, 2.75) is 38.8 Å². The average molecular weight is 227 g/mol. The summed E-state index contributed by atoms with van der Waals surface area (Å²) in [6, 6.07) is 0.0490. The first-order valence-electron chi connectivity index (χ1n) is 5.39. The number of carbonyl (C=O) groups excluding carboxylic acids is 2. The maximum absolute atomic E-state index is 11.5. The molecule has 1 heterocycles. The van der Waals surface area contributed by atoms with Crippen molar-refractivity contribution < 1.29 is 14.3 Å². The van der Waals surface area contributed by atoms with Gasteiger partial charge in [-0.3, -0.25) is 4.79 Å². The summed E-state index contributed by atoms with van der Waals surface area (Å²) >= 11 is 0. The number of likely N-dealkylation sites (tertiary alicyclic amines) is 1. The molecule has 1 fully saturated rings. The van der Waals surface area contributed by atoms with Crippen LogP contribution in [0.5, 0.6) is 0 Å². The standard InChI is InChI=1S/C11H19N2O3/c1-8-5-6-13(8)9(14)7-12-10(15)16-11(2,3)4/h8H,1,5-7H2,2-4H3,(H,12,15).